The molecule has 0 spiro atoms. The van der Waals surface area contributed by atoms with Crippen molar-refractivity contribution in [1.29, 1.82) is 0 Å². The van der Waals surface area contributed by atoms with Gasteiger partial charge in [-0.2, -0.15) is 0 Å². The van der Waals surface area contributed by atoms with Crippen LogP contribution in [-0.2, 0) is 11.5 Å². The predicted octanol–water partition coefficient (Wildman–Crippen LogP) is 3.75. The van der Waals surface area contributed by atoms with E-state index in [1.165, 1.54) is 5.56 Å². The molecule has 1 amide bonds. The lowest BCUT2D eigenvalue weighted by molar-refractivity contribution is 0.0953. The molecule has 1 aromatic carbocycles. The second kappa shape index (κ2) is 10.4. The van der Waals surface area contributed by atoms with E-state index in [0.717, 1.165) is 57.1 Å². The fourth-order valence-corrected chi connectivity index (χ4v) is 2.11. The van der Waals surface area contributed by atoms with Gasteiger partial charge >= 0.3 is 0 Å². The summed E-state index contributed by atoms with van der Waals surface area (Å²) in [6.45, 7) is 2.93. The van der Waals surface area contributed by atoms with Crippen molar-refractivity contribution in [2.75, 3.05) is 13.2 Å². The highest BCUT2D eigenvalue weighted by Gasteiger charge is 2.04. The first-order chi connectivity index (χ1) is 9.77. The number of benzene rings is 1. The summed E-state index contributed by atoms with van der Waals surface area (Å²) >= 11 is 0. The standard InChI is InChI=1S/C17H26NO2/c1-2-3-6-13-18-17(20)16-11-9-15(10-12-16)8-5-4-7-14-19/h9-12H,2-8,13-14H2,1H3,(H,18,20). The number of aryl methyl sites for hydroxylation is 1. The molecule has 1 rings (SSSR count). The lowest BCUT2D eigenvalue weighted by atomic mass is 10.0. The first-order valence-corrected chi connectivity index (χ1v) is 7.73. The van der Waals surface area contributed by atoms with Crippen molar-refractivity contribution in [1.82, 2.24) is 5.32 Å². The molecule has 0 saturated heterocycles. The van der Waals surface area contributed by atoms with Crippen LogP contribution in [0.1, 0.15) is 61.4 Å². The number of amides is 1. The molecule has 0 heterocycles. The molecule has 0 saturated carbocycles. The third-order valence-corrected chi connectivity index (χ3v) is 3.39. The van der Waals surface area contributed by atoms with E-state index in [0.29, 0.717) is 0 Å². The Morgan fingerprint density at radius 2 is 1.75 bits per heavy atom. The Bertz CT molecular complexity index is 373. The van der Waals surface area contributed by atoms with Gasteiger partial charge in [-0.05, 0) is 43.4 Å². The average Bonchev–Trinajstić information content (AvgIpc) is 2.48. The molecule has 0 aliphatic heterocycles. The fraction of sp³-hybridized carbons (Fsp3) is 0.588. The highest BCUT2D eigenvalue weighted by Crippen LogP contribution is 2.09. The summed E-state index contributed by atoms with van der Waals surface area (Å²) in [6, 6.07) is 7.80. The lowest BCUT2D eigenvalue weighted by Gasteiger charge is -2.06. The Morgan fingerprint density at radius 3 is 2.40 bits per heavy atom. The molecule has 1 N–H and O–H groups in total. The summed E-state index contributed by atoms with van der Waals surface area (Å²) in [7, 11) is 0. The van der Waals surface area contributed by atoms with Gasteiger partial charge in [0.1, 0.15) is 0 Å². The smallest absolute Gasteiger partial charge is 0.251 e. The molecule has 0 aliphatic carbocycles. The maximum absolute atomic E-state index is 11.9. The summed E-state index contributed by atoms with van der Waals surface area (Å²) in [6.07, 6.45) is 7.14. The fourth-order valence-electron chi connectivity index (χ4n) is 2.11. The van der Waals surface area contributed by atoms with E-state index in [2.05, 4.69) is 12.2 Å². The van der Waals surface area contributed by atoms with Crippen molar-refractivity contribution in [3.63, 3.8) is 0 Å². The van der Waals surface area contributed by atoms with Crippen LogP contribution in [0.3, 0.4) is 0 Å². The van der Waals surface area contributed by atoms with E-state index in [1.807, 2.05) is 24.3 Å². The van der Waals surface area contributed by atoms with Gasteiger partial charge in [-0.15, -0.1) is 0 Å². The highest BCUT2D eigenvalue weighted by molar-refractivity contribution is 5.94. The first kappa shape index (κ1) is 16.7. The summed E-state index contributed by atoms with van der Waals surface area (Å²) in [5, 5.41) is 13.3. The van der Waals surface area contributed by atoms with Gasteiger partial charge in [0, 0.05) is 12.1 Å². The molecule has 0 bridgehead atoms. The van der Waals surface area contributed by atoms with E-state index in [1.54, 1.807) is 0 Å². The SMILES string of the molecule is CCCCCNC(=O)c1ccc(CCCCC[O])cc1. The van der Waals surface area contributed by atoms with E-state index in [4.69, 9.17) is 0 Å². The van der Waals surface area contributed by atoms with Crippen LogP contribution in [0.5, 0.6) is 0 Å². The summed E-state index contributed by atoms with van der Waals surface area (Å²) in [5.41, 5.74) is 1.96. The van der Waals surface area contributed by atoms with E-state index in [-0.39, 0.29) is 12.5 Å². The van der Waals surface area contributed by atoms with Crippen LogP contribution < -0.4 is 5.32 Å². The van der Waals surface area contributed by atoms with Gasteiger partial charge in [-0.25, -0.2) is 5.11 Å². The van der Waals surface area contributed by atoms with Gasteiger partial charge in [-0.3, -0.25) is 4.79 Å². The number of rotatable bonds is 10. The van der Waals surface area contributed by atoms with E-state index in [9.17, 15) is 9.90 Å². The molecular formula is C17H26NO2. The van der Waals surface area contributed by atoms with Gasteiger partial charge in [0.2, 0.25) is 0 Å². The van der Waals surface area contributed by atoms with Gasteiger partial charge in [-0.1, -0.05) is 38.3 Å². The third-order valence-electron chi connectivity index (χ3n) is 3.39. The zero-order valence-electron chi connectivity index (χ0n) is 12.5. The Kier molecular flexibility index (Phi) is 8.72. The van der Waals surface area contributed by atoms with Crippen molar-refractivity contribution in [3.8, 4) is 0 Å². The normalized spacial score (nSPS) is 10.5. The topological polar surface area (TPSA) is 49.0 Å². The minimum atomic E-state index is 0.0130. The van der Waals surface area contributed by atoms with Crippen LogP contribution in [0.15, 0.2) is 24.3 Å². The Morgan fingerprint density at radius 1 is 1.00 bits per heavy atom. The maximum atomic E-state index is 11.9. The van der Waals surface area contributed by atoms with Crippen LogP contribution in [0, 0.1) is 0 Å². The van der Waals surface area contributed by atoms with Crippen LogP contribution in [0.25, 0.3) is 0 Å². The molecule has 0 fully saturated rings. The average molecular weight is 276 g/mol. The maximum Gasteiger partial charge on any atom is 0.251 e. The van der Waals surface area contributed by atoms with E-state index < -0.39 is 0 Å². The second-order valence-electron chi connectivity index (χ2n) is 5.17. The monoisotopic (exact) mass is 276 g/mol. The van der Waals surface area contributed by atoms with Crippen molar-refractivity contribution in [2.24, 2.45) is 0 Å². The Hall–Kier alpha value is -1.35. The number of hydrogen-bond acceptors (Lipinski definition) is 1. The quantitative estimate of drug-likeness (QED) is 0.650. The number of carbonyl (C=O) groups excluding carboxylic acids is 1. The van der Waals surface area contributed by atoms with E-state index >= 15 is 0 Å². The van der Waals surface area contributed by atoms with Crippen LogP contribution in [0.2, 0.25) is 0 Å². The molecule has 3 nitrogen and oxygen atoms in total. The molecule has 0 aliphatic rings. The third kappa shape index (κ3) is 6.71. The highest BCUT2D eigenvalue weighted by atomic mass is 16.2. The lowest BCUT2D eigenvalue weighted by Crippen LogP contribution is -2.24. The van der Waals surface area contributed by atoms with Gasteiger partial charge in [0.15, 0.2) is 0 Å². The Labute approximate surface area is 122 Å². The molecule has 20 heavy (non-hydrogen) atoms. The molecule has 0 unspecified atom stereocenters. The summed E-state index contributed by atoms with van der Waals surface area (Å²) < 4.78 is 0. The minimum Gasteiger partial charge on any atom is -0.352 e. The Balaban J connectivity index is 2.31. The summed E-state index contributed by atoms with van der Waals surface area (Å²) in [5.74, 6) is 0.0130. The number of hydrogen-bond donors (Lipinski definition) is 1. The zero-order valence-corrected chi connectivity index (χ0v) is 12.5. The molecule has 1 aromatic rings. The molecule has 111 valence electrons. The molecule has 1 radical (unpaired) electrons. The number of nitrogens with one attached hydrogen (secondary N) is 1. The summed E-state index contributed by atoms with van der Waals surface area (Å²) in [4.78, 5) is 11.9. The molecular weight excluding hydrogens is 250 g/mol. The van der Waals surface area contributed by atoms with Crippen LogP contribution >= 0.6 is 0 Å². The largest absolute Gasteiger partial charge is 0.352 e. The molecule has 0 atom stereocenters. The van der Waals surface area contributed by atoms with Gasteiger partial charge < -0.3 is 5.32 Å². The predicted molar refractivity (Wildman–Crippen MR) is 81.4 cm³/mol. The minimum absolute atomic E-state index is 0.0130. The van der Waals surface area contributed by atoms with Crippen molar-refractivity contribution in [2.45, 2.75) is 51.9 Å². The first-order valence-electron chi connectivity index (χ1n) is 7.73. The second-order valence-corrected chi connectivity index (χ2v) is 5.17. The van der Waals surface area contributed by atoms with Crippen molar-refractivity contribution in [3.05, 3.63) is 35.4 Å². The van der Waals surface area contributed by atoms with Gasteiger partial charge in [0.25, 0.3) is 5.91 Å². The molecule has 3 heteroatoms. The van der Waals surface area contributed by atoms with Gasteiger partial charge in [0.05, 0.1) is 6.61 Å². The van der Waals surface area contributed by atoms with Crippen molar-refractivity contribution >= 4 is 5.91 Å². The molecule has 0 aromatic heterocycles. The number of carbonyl (C=O) groups is 1. The number of unbranched alkanes of at least 4 members (excludes halogenated alkanes) is 4. The van der Waals surface area contributed by atoms with Crippen LogP contribution in [-0.4, -0.2) is 19.1 Å². The van der Waals surface area contributed by atoms with Crippen LogP contribution in [0.4, 0.5) is 0 Å². The van der Waals surface area contributed by atoms with Crippen molar-refractivity contribution < 1.29 is 9.90 Å². The zero-order chi connectivity index (χ0) is 14.6.